The molecule has 1 saturated heterocycles. The van der Waals surface area contributed by atoms with E-state index in [9.17, 15) is 4.79 Å². The first-order valence-electron chi connectivity index (χ1n) is 8.94. The van der Waals surface area contributed by atoms with Crippen molar-refractivity contribution in [3.05, 3.63) is 0 Å². The molecule has 3 N–H and O–H groups in total. The molecule has 0 radical (unpaired) electrons. The Labute approximate surface area is 128 Å². The molecule has 2 unspecified atom stereocenters. The summed E-state index contributed by atoms with van der Waals surface area (Å²) in [5.74, 6) is 1.23. The molecule has 0 bridgehead atoms. The Balaban J connectivity index is 1.67. The van der Waals surface area contributed by atoms with E-state index in [1.54, 1.807) is 0 Å². The number of nitrogens with one attached hydrogen (secondary N) is 1. The SMILES string of the molecule is CCC1CCCN(CC(NC2CC2)(C(N)=O)C2CC2)CC1. The van der Waals surface area contributed by atoms with Crippen molar-refractivity contribution in [2.45, 2.75) is 69.9 Å². The van der Waals surface area contributed by atoms with Crippen LogP contribution in [0.4, 0.5) is 0 Å². The number of hydrogen-bond donors (Lipinski definition) is 2. The molecule has 0 spiro atoms. The van der Waals surface area contributed by atoms with Crippen LogP contribution < -0.4 is 11.1 Å². The molecule has 1 aliphatic heterocycles. The van der Waals surface area contributed by atoms with Crippen molar-refractivity contribution in [3.8, 4) is 0 Å². The lowest BCUT2D eigenvalue weighted by Gasteiger charge is -2.37. The van der Waals surface area contributed by atoms with E-state index in [-0.39, 0.29) is 5.91 Å². The van der Waals surface area contributed by atoms with Crippen molar-refractivity contribution in [1.29, 1.82) is 0 Å². The minimum Gasteiger partial charge on any atom is -0.368 e. The number of primary amides is 1. The third-order valence-electron chi connectivity index (χ3n) is 5.74. The Kier molecular flexibility index (Phi) is 4.55. The van der Waals surface area contributed by atoms with E-state index in [4.69, 9.17) is 5.73 Å². The van der Waals surface area contributed by atoms with Crippen molar-refractivity contribution < 1.29 is 4.79 Å². The van der Waals surface area contributed by atoms with Crippen LogP contribution in [0.25, 0.3) is 0 Å². The first-order chi connectivity index (χ1) is 10.1. The smallest absolute Gasteiger partial charge is 0.239 e. The molecule has 4 heteroatoms. The number of rotatable bonds is 7. The molecule has 2 atom stereocenters. The molecule has 3 fully saturated rings. The highest BCUT2D eigenvalue weighted by atomic mass is 16.1. The first kappa shape index (κ1) is 15.3. The van der Waals surface area contributed by atoms with Crippen molar-refractivity contribution in [3.63, 3.8) is 0 Å². The summed E-state index contributed by atoms with van der Waals surface area (Å²) in [6.45, 7) is 5.39. The van der Waals surface area contributed by atoms with E-state index in [0.29, 0.717) is 12.0 Å². The molecular weight excluding hydrogens is 262 g/mol. The molecule has 21 heavy (non-hydrogen) atoms. The molecule has 1 heterocycles. The maximum Gasteiger partial charge on any atom is 0.239 e. The van der Waals surface area contributed by atoms with Gasteiger partial charge in [-0.3, -0.25) is 10.1 Å². The van der Waals surface area contributed by atoms with Crippen LogP contribution in [0.1, 0.15) is 58.3 Å². The zero-order valence-electron chi connectivity index (χ0n) is 13.4. The summed E-state index contributed by atoms with van der Waals surface area (Å²) in [6.07, 6.45) is 9.91. The number of carbonyl (C=O) groups is 1. The molecule has 0 aromatic rings. The Bertz CT molecular complexity index is 378. The van der Waals surface area contributed by atoms with Crippen LogP contribution in [0.5, 0.6) is 0 Å². The molecule has 0 aromatic heterocycles. The third-order valence-corrected chi connectivity index (χ3v) is 5.74. The van der Waals surface area contributed by atoms with Crippen LogP contribution in [-0.2, 0) is 4.79 Å². The quantitative estimate of drug-likeness (QED) is 0.753. The Morgan fingerprint density at radius 3 is 2.52 bits per heavy atom. The van der Waals surface area contributed by atoms with Crippen molar-refractivity contribution in [2.24, 2.45) is 17.6 Å². The fourth-order valence-electron chi connectivity index (χ4n) is 3.95. The summed E-state index contributed by atoms with van der Waals surface area (Å²) in [4.78, 5) is 14.8. The minimum absolute atomic E-state index is 0.117. The van der Waals surface area contributed by atoms with Crippen molar-refractivity contribution in [2.75, 3.05) is 19.6 Å². The van der Waals surface area contributed by atoms with Gasteiger partial charge in [-0.1, -0.05) is 13.3 Å². The van der Waals surface area contributed by atoms with Gasteiger partial charge in [0.25, 0.3) is 0 Å². The Hall–Kier alpha value is -0.610. The molecule has 0 aromatic carbocycles. The minimum atomic E-state index is -0.451. The van der Waals surface area contributed by atoms with Crippen LogP contribution in [0.15, 0.2) is 0 Å². The normalized spacial score (nSPS) is 30.6. The van der Waals surface area contributed by atoms with E-state index in [1.807, 2.05) is 0 Å². The molecule has 4 nitrogen and oxygen atoms in total. The number of nitrogens with zero attached hydrogens (tertiary/aromatic N) is 1. The topological polar surface area (TPSA) is 58.4 Å². The predicted molar refractivity (Wildman–Crippen MR) is 84.9 cm³/mol. The van der Waals surface area contributed by atoms with Crippen LogP contribution in [0.2, 0.25) is 0 Å². The van der Waals surface area contributed by atoms with Gasteiger partial charge in [0.15, 0.2) is 0 Å². The molecule has 1 amide bonds. The highest BCUT2D eigenvalue weighted by molar-refractivity contribution is 5.86. The van der Waals surface area contributed by atoms with Crippen LogP contribution in [-0.4, -0.2) is 42.0 Å². The summed E-state index contributed by atoms with van der Waals surface area (Å²) in [5.41, 5.74) is 5.42. The summed E-state index contributed by atoms with van der Waals surface area (Å²) in [7, 11) is 0. The summed E-state index contributed by atoms with van der Waals surface area (Å²) >= 11 is 0. The van der Waals surface area contributed by atoms with Gasteiger partial charge in [0.1, 0.15) is 5.54 Å². The van der Waals surface area contributed by atoms with Gasteiger partial charge >= 0.3 is 0 Å². The lowest BCUT2D eigenvalue weighted by atomic mass is 9.90. The summed E-state index contributed by atoms with van der Waals surface area (Å²) in [5, 5.41) is 3.64. The van der Waals surface area contributed by atoms with Gasteiger partial charge in [0, 0.05) is 12.6 Å². The molecule has 3 aliphatic rings. The second-order valence-electron chi connectivity index (χ2n) is 7.51. The second-order valence-corrected chi connectivity index (χ2v) is 7.51. The summed E-state index contributed by atoms with van der Waals surface area (Å²) in [6, 6.07) is 0.536. The average molecular weight is 293 g/mol. The lowest BCUT2D eigenvalue weighted by Crippen LogP contribution is -2.64. The number of likely N-dealkylation sites (tertiary alicyclic amines) is 1. The van der Waals surface area contributed by atoms with Gasteiger partial charge < -0.3 is 10.6 Å². The molecular formula is C17H31N3O. The Morgan fingerprint density at radius 1 is 1.19 bits per heavy atom. The van der Waals surface area contributed by atoms with Gasteiger partial charge in [-0.05, 0) is 69.9 Å². The van der Waals surface area contributed by atoms with Crippen LogP contribution in [0, 0.1) is 11.8 Å². The van der Waals surface area contributed by atoms with E-state index >= 15 is 0 Å². The highest BCUT2D eigenvalue weighted by Gasteiger charge is 2.52. The van der Waals surface area contributed by atoms with Crippen molar-refractivity contribution in [1.82, 2.24) is 10.2 Å². The van der Waals surface area contributed by atoms with E-state index in [1.165, 1.54) is 38.5 Å². The number of nitrogens with two attached hydrogens (primary N) is 1. The van der Waals surface area contributed by atoms with Gasteiger partial charge in [-0.25, -0.2) is 0 Å². The molecule has 2 saturated carbocycles. The lowest BCUT2D eigenvalue weighted by molar-refractivity contribution is -0.126. The first-order valence-corrected chi connectivity index (χ1v) is 8.94. The van der Waals surface area contributed by atoms with Crippen LogP contribution >= 0.6 is 0 Å². The number of hydrogen-bond acceptors (Lipinski definition) is 3. The largest absolute Gasteiger partial charge is 0.368 e. The molecule has 2 aliphatic carbocycles. The van der Waals surface area contributed by atoms with E-state index in [0.717, 1.165) is 38.4 Å². The van der Waals surface area contributed by atoms with Crippen molar-refractivity contribution >= 4 is 5.91 Å². The fourth-order valence-corrected chi connectivity index (χ4v) is 3.95. The molecule has 3 rings (SSSR count). The monoisotopic (exact) mass is 293 g/mol. The second kappa shape index (κ2) is 6.25. The zero-order valence-corrected chi connectivity index (χ0v) is 13.4. The van der Waals surface area contributed by atoms with Gasteiger partial charge in [0.05, 0.1) is 0 Å². The highest BCUT2D eigenvalue weighted by Crippen LogP contribution is 2.42. The maximum atomic E-state index is 12.3. The third kappa shape index (κ3) is 3.59. The van der Waals surface area contributed by atoms with Gasteiger partial charge in [0.2, 0.25) is 5.91 Å². The maximum absolute atomic E-state index is 12.3. The Morgan fingerprint density at radius 2 is 1.95 bits per heavy atom. The predicted octanol–water partition coefficient (Wildman–Crippen LogP) is 1.88. The zero-order chi connectivity index (χ0) is 14.9. The number of carbonyl (C=O) groups excluding carboxylic acids is 1. The number of amides is 1. The standard InChI is InChI=1S/C17H31N3O/c1-2-13-4-3-10-20(11-9-13)12-17(16(18)21,14-5-6-14)19-15-7-8-15/h13-15,19H,2-12H2,1H3,(H2,18,21). The summed E-state index contributed by atoms with van der Waals surface area (Å²) < 4.78 is 0. The van der Waals surface area contributed by atoms with Crippen LogP contribution in [0.3, 0.4) is 0 Å². The van der Waals surface area contributed by atoms with E-state index < -0.39 is 5.54 Å². The van der Waals surface area contributed by atoms with Gasteiger partial charge in [-0.15, -0.1) is 0 Å². The van der Waals surface area contributed by atoms with E-state index in [2.05, 4.69) is 17.1 Å². The fraction of sp³-hybridized carbons (Fsp3) is 0.941. The molecule has 120 valence electrons. The van der Waals surface area contributed by atoms with Gasteiger partial charge in [-0.2, -0.15) is 0 Å². The average Bonchev–Trinajstić information content (AvgIpc) is 3.30.